The molecule has 2 aromatic rings. The maximum Gasteiger partial charge on any atom is 0.347 e. The van der Waals surface area contributed by atoms with Gasteiger partial charge >= 0.3 is 5.69 Å². The molecular weight excluding hydrogens is 254 g/mol. The van der Waals surface area contributed by atoms with Crippen molar-refractivity contribution >= 4 is 0 Å². The van der Waals surface area contributed by atoms with Crippen molar-refractivity contribution in [2.45, 2.75) is 26.4 Å². The van der Waals surface area contributed by atoms with Gasteiger partial charge in [-0.15, -0.1) is 0 Å². The first-order chi connectivity index (χ1) is 9.69. The van der Waals surface area contributed by atoms with Gasteiger partial charge in [0.25, 0.3) is 0 Å². The van der Waals surface area contributed by atoms with Gasteiger partial charge in [-0.3, -0.25) is 4.57 Å². The zero-order chi connectivity index (χ0) is 14.4. The summed E-state index contributed by atoms with van der Waals surface area (Å²) in [6.07, 6.45) is 4.13. The molecule has 106 valence electrons. The van der Waals surface area contributed by atoms with Crippen LogP contribution in [-0.2, 0) is 13.1 Å². The summed E-state index contributed by atoms with van der Waals surface area (Å²) in [5.74, 6) is 0.808. The lowest BCUT2D eigenvalue weighted by Crippen LogP contribution is -2.23. The van der Waals surface area contributed by atoms with Crippen LogP contribution >= 0.6 is 0 Å². The third-order valence-corrected chi connectivity index (χ3v) is 2.93. The molecule has 0 amide bonds. The molecule has 1 aromatic heterocycles. The number of hydrogen-bond acceptors (Lipinski definition) is 4. The highest BCUT2D eigenvalue weighted by Crippen LogP contribution is 2.13. The zero-order valence-electron chi connectivity index (χ0n) is 11.6. The number of aromatic nitrogens is 2. The molecule has 1 aromatic carbocycles. The minimum Gasteiger partial charge on any atom is -0.494 e. The van der Waals surface area contributed by atoms with Gasteiger partial charge in [0.15, 0.2) is 0 Å². The summed E-state index contributed by atoms with van der Waals surface area (Å²) in [4.78, 5) is 15.3. The van der Waals surface area contributed by atoms with E-state index in [-0.39, 0.29) is 5.69 Å². The number of hydrogen-bond donors (Lipinski definition) is 1. The lowest BCUT2D eigenvalue weighted by atomic mass is 10.2. The van der Waals surface area contributed by atoms with Gasteiger partial charge in [0.2, 0.25) is 0 Å². The van der Waals surface area contributed by atoms with Crippen LogP contribution in [0.25, 0.3) is 0 Å². The first kappa shape index (κ1) is 14.3. The van der Waals surface area contributed by atoms with Crippen molar-refractivity contribution in [1.82, 2.24) is 9.55 Å². The maximum absolute atomic E-state index is 11.5. The molecule has 1 heterocycles. The van der Waals surface area contributed by atoms with E-state index >= 15 is 0 Å². The molecule has 0 fully saturated rings. The molecule has 5 heteroatoms. The van der Waals surface area contributed by atoms with Crippen LogP contribution in [0, 0.1) is 6.92 Å². The van der Waals surface area contributed by atoms with Crippen molar-refractivity contribution in [3.63, 3.8) is 0 Å². The van der Waals surface area contributed by atoms with E-state index in [9.17, 15) is 4.79 Å². The van der Waals surface area contributed by atoms with Crippen molar-refractivity contribution in [3.8, 4) is 5.75 Å². The molecule has 0 spiro atoms. The fourth-order valence-electron chi connectivity index (χ4n) is 1.91. The Balaban J connectivity index is 1.84. The van der Waals surface area contributed by atoms with Crippen molar-refractivity contribution < 1.29 is 4.74 Å². The molecule has 0 saturated carbocycles. The Morgan fingerprint density at radius 3 is 3.05 bits per heavy atom. The van der Waals surface area contributed by atoms with Crippen LogP contribution in [-0.4, -0.2) is 16.2 Å². The predicted molar refractivity (Wildman–Crippen MR) is 77.7 cm³/mol. The molecule has 2 rings (SSSR count). The lowest BCUT2D eigenvalue weighted by Gasteiger charge is -2.08. The topological polar surface area (TPSA) is 70.1 Å². The molecule has 2 N–H and O–H groups in total. The second-order valence-corrected chi connectivity index (χ2v) is 4.66. The van der Waals surface area contributed by atoms with Crippen LogP contribution in [0.1, 0.15) is 17.5 Å². The van der Waals surface area contributed by atoms with E-state index in [4.69, 9.17) is 10.5 Å². The summed E-state index contributed by atoms with van der Waals surface area (Å²) in [5, 5.41) is 0. The predicted octanol–water partition coefficient (Wildman–Crippen LogP) is 1.48. The van der Waals surface area contributed by atoms with Crippen LogP contribution in [0.3, 0.4) is 0 Å². The normalized spacial score (nSPS) is 10.5. The van der Waals surface area contributed by atoms with Crippen LogP contribution in [0.5, 0.6) is 5.75 Å². The first-order valence-electron chi connectivity index (χ1n) is 6.64. The first-order valence-corrected chi connectivity index (χ1v) is 6.64. The van der Waals surface area contributed by atoms with Crippen molar-refractivity contribution in [2.24, 2.45) is 5.73 Å². The van der Waals surface area contributed by atoms with Crippen LogP contribution in [0.2, 0.25) is 0 Å². The number of nitrogens with zero attached hydrogens (tertiary/aromatic N) is 2. The number of benzene rings is 1. The highest BCUT2D eigenvalue weighted by Gasteiger charge is 1.99. The Morgan fingerprint density at radius 1 is 1.40 bits per heavy atom. The molecule has 0 aliphatic rings. The van der Waals surface area contributed by atoms with E-state index in [0.717, 1.165) is 23.3 Å². The van der Waals surface area contributed by atoms with E-state index in [1.165, 1.54) is 0 Å². The maximum atomic E-state index is 11.5. The Kier molecular flexibility index (Phi) is 4.90. The average molecular weight is 273 g/mol. The summed E-state index contributed by atoms with van der Waals surface area (Å²) < 4.78 is 7.26. The lowest BCUT2D eigenvalue weighted by molar-refractivity contribution is 0.300. The Hall–Kier alpha value is -2.14. The number of nitrogens with two attached hydrogens (primary N) is 1. The number of ether oxygens (including phenoxy) is 1. The molecule has 20 heavy (non-hydrogen) atoms. The number of rotatable bonds is 6. The van der Waals surface area contributed by atoms with Gasteiger partial charge in [-0.25, -0.2) is 9.78 Å². The minimum absolute atomic E-state index is 0.222. The molecule has 0 bridgehead atoms. The molecule has 0 radical (unpaired) electrons. The SMILES string of the molecule is Cc1cnc(=O)n(CCCOc2cccc(CN)c2)c1. The van der Waals surface area contributed by atoms with Crippen molar-refractivity contribution in [1.29, 1.82) is 0 Å². The molecular formula is C15H19N3O2. The van der Waals surface area contributed by atoms with Gasteiger partial charge in [-0.05, 0) is 36.6 Å². The van der Waals surface area contributed by atoms with Crippen molar-refractivity contribution in [2.75, 3.05) is 6.61 Å². The summed E-state index contributed by atoms with van der Waals surface area (Å²) in [6.45, 7) is 3.57. The highest BCUT2D eigenvalue weighted by molar-refractivity contribution is 5.28. The van der Waals surface area contributed by atoms with Gasteiger partial charge in [0.1, 0.15) is 5.75 Å². The highest BCUT2D eigenvalue weighted by atomic mass is 16.5. The second-order valence-electron chi connectivity index (χ2n) is 4.66. The fraction of sp³-hybridized carbons (Fsp3) is 0.333. The summed E-state index contributed by atoms with van der Waals surface area (Å²) >= 11 is 0. The van der Waals surface area contributed by atoms with Crippen LogP contribution in [0.4, 0.5) is 0 Å². The average Bonchev–Trinajstić information content (AvgIpc) is 2.47. The van der Waals surface area contributed by atoms with E-state index in [1.54, 1.807) is 10.8 Å². The van der Waals surface area contributed by atoms with Crippen LogP contribution < -0.4 is 16.2 Å². The third kappa shape index (κ3) is 3.93. The largest absolute Gasteiger partial charge is 0.494 e. The van der Waals surface area contributed by atoms with E-state index in [0.29, 0.717) is 19.7 Å². The van der Waals surface area contributed by atoms with Gasteiger partial charge in [0.05, 0.1) is 6.61 Å². The molecule has 5 nitrogen and oxygen atoms in total. The van der Waals surface area contributed by atoms with Crippen LogP contribution in [0.15, 0.2) is 41.5 Å². The van der Waals surface area contributed by atoms with Gasteiger partial charge in [0, 0.05) is 25.5 Å². The Labute approximate surface area is 118 Å². The third-order valence-electron chi connectivity index (χ3n) is 2.93. The van der Waals surface area contributed by atoms with E-state index in [1.807, 2.05) is 37.4 Å². The Bertz CT molecular complexity index is 623. The molecule has 0 aliphatic carbocycles. The molecule has 0 saturated heterocycles. The molecule has 0 aliphatic heterocycles. The van der Waals surface area contributed by atoms with Crippen molar-refractivity contribution in [3.05, 3.63) is 58.3 Å². The number of aryl methyl sites for hydroxylation is 2. The molecule has 0 atom stereocenters. The van der Waals surface area contributed by atoms with Gasteiger partial charge in [-0.2, -0.15) is 0 Å². The second kappa shape index (κ2) is 6.86. The summed E-state index contributed by atoms with van der Waals surface area (Å²) in [7, 11) is 0. The van der Waals surface area contributed by atoms with E-state index in [2.05, 4.69) is 4.98 Å². The standard InChI is InChI=1S/C15H19N3O2/c1-12-10-17-15(19)18(11-12)6-3-7-20-14-5-2-4-13(8-14)9-16/h2,4-5,8,10-11H,3,6-7,9,16H2,1H3. The summed E-state index contributed by atoms with van der Waals surface area (Å²) in [6, 6.07) is 7.72. The summed E-state index contributed by atoms with van der Waals surface area (Å²) in [5.41, 5.74) is 7.37. The van der Waals surface area contributed by atoms with Gasteiger partial charge in [-0.1, -0.05) is 12.1 Å². The van der Waals surface area contributed by atoms with E-state index < -0.39 is 0 Å². The quantitative estimate of drug-likeness (QED) is 0.809. The zero-order valence-corrected chi connectivity index (χ0v) is 11.6. The van der Waals surface area contributed by atoms with Gasteiger partial charge < -0.3 is 10.5 Å². The molecule has 0 unspecified atom stereocenters. The Morgan fingerprint density at radius 2 is 2.25 bits per heavy atom. The fourth-order valence-corrected chi connectivity index (χ4v) is 1.91. The minimum atomic E-state index is -0.222. The smallest absolute Gasteiger partial charge is 0.347 e. The monoisotopic (exact) mass is 273 g/mol.